The zero-order chi connectivity index (χ0) is 12.8. The molecule has 1 aromatic heterocycles. The van der Waals surface area contributed by atoms with Crippen LogP contribution in [0.25, 0.3) is 0 Å². The molecule has 4 heteroatoms. The lowest BCUT2D eigenvalue weighted by atomic mass is 9.80. The van der Waals surface area contributed by atoms with E-state index in [4.69, 9.17) is 0 Å². The fourth-order valence-corrected chi connectivity index (χ4v) is 3.44. The molecule has 3 nitrogen and oxygen atoms in total. The largest absolute Gasteiger partial charge is 0.337 e. The Morgan fingerprint density at radius 3 is 2.83 bits per heavy atom. The van der Waals surface area contributed by atoms with E-state index in [0.717, 1.165) is 6.54 Å². The summed E-state index contributed by atoms with van der Waals surface area (Å²) in [6.07, 6.45) is 6.54. The second-order valence-corrected chi connectivity index (χ2v) is 5.63. The fraction of sp³-hybridized carbons (Fsp3) is 0.500. The van der Waals surface area contributed by atoms with Crippen LogP contribution in [0, 0.1) is 0 Å². The van der Waals surface area contributed by atoms with Crippen LogP contribution in [0.1, 0.15) is 31.2 Å². The highest BCUT2D eigenvalue weighted by molar-refractivity contribution is 7.08. The lowest BCUT2D eigenvalue weighted by Gasteiger charge is -2.28. The summed E-state index contributed by atoms with van der Waals surface area (Å²) in [5.74, 6) is 0. The minimum absolute atomic E-state index is 0.101. The first-order valence-corrected chi connectivity index (χ1v) is 7.36. The highest BCUT2D eigenvalue weighted by atomic mass is 32.1. The number of rotatable bonds is 5. The molecule has 0 aliphatic heterocycles. The molecule has 0 spiro atoms. The van der Waals surface area contributed by atoms with Crippen molar-refractivity contribution in [3.05, 3.63) is 35.0 Å². The van der Waals surface area contributed by atoms with Gasteiger partial charge in [0.25, 0.3) is 0 Å². The number of urea groups is 1. The molecule has 0 saturated heterocycles. The van der Waals surface area contributed by atoms with Crippen LogP contribution in [0.5, 0.6) is 0 Å². The summed E-state index contributed by atoms with van der Waals surface area (Å²) >= 11 is 1.73. The van der Waals surface area contributed by atoms with Crippen LogP contribution in [0.15, 0.2) is 29.5 Å². The van der Waals surface area contributed by atoms with Gasteiger partial charge in [-0.2, -0.15) is 11.3 Å². The number of carbonyl (C=O) groups is 1. The Balaban J connectivity index is 1.95. The molecule has 0 atom stereocenters. The number of thiophene rings is 1. The van der Waals surface area contributed by atoms with Gasteiger partial charge in [-0.15, -0.1) is 6.58 Å². The second-order valence-electron chi connectivity index (χ2n) is 4.85. The predicted octanol–water partition coefficient (Wildman–Crippen LogP) is 3.05. The summed E-state index contributed by atoms with van der Waals surface area (Å²) in [5, 5.41) is 10.1. The molecule has 1 aromatic rings. The molecule has 1 heterocycles. The van der Waals surface area contributed by atoms with Crippen LogP contribution in [0.2, 0.25) is 0 Å². The molecule has 0 bridgehead atoms. The highest BCUT2D eigenvalue weighted by Gasteiger charge is 2.36. The topological polar surface area (TPSA) is 41.1 Å². The molecule has 0 radical (unpaired) electrons. The molecule has 2 amide bonds. The van der Waals surface area contributed by atoms with E-state index < -0.39 is 0 Å². The van der Waals surface area contributed by atoms with Crippen molar-refractivity contribution >= 4 is 17.4 Å². The van der Waals surface area contributed by atoms with Gasteiger partial charge in [0.05, 0.1) is 0 Å². The fourth-order valence-electron chi connectivity index (χ4n) is 2.66. The van der Waals surface area contributed by atoms with Crippen LogP contribution in [0.3, 0.4) is 0 Å². The number of nitrogens with one attached hydrogen (secondary N) is 2. The predicted molar refractivity (Wildman–Crippen MR) is 76.1 cm³/mol. The second kappa shape index (κ2) is 6.05. The van der Waals surface area contributed by atoms with Gasteiger partial charge in [0.15, 0.2) is 0 Å². The summed E-state index contributed by atoms with van der Waals surface area (Å²) in [5.41, 5.74) is 1.54. The maximum atomic E-state index is 11.6. The lowest BCUT2D eigenvalue weighted by Crippen LogP contribution is -2.43. The van der Waals surface area contributed by atoms with Crippen LogP contribution < -0.4 is 10.6 Å². The van der Waals surface area contributed by atoms with Crippen molar-refractivity contribution in [3.63, 3.8) is 0 Å². The van der Waals surface area contributed by atoms with E-state index in [2.05, 4.69) is 34.0 Å². The van der Waals surface area contributed by atoms with Crippen molar-refractivity contribution in [2.24, 2.45) is 0 Å². The molecule has 1 aliphatic carbocycles. The first-order valence-electron chi connectivity index (χ1n) is 6.42. The van der Waals surface area contributed by atoms with E-state index in [9.17, 15) is 4.79 Å². The van der Waals surface area contributed by atoms with E-state index in [1.807, 2.05) is 0 Å². The number of amides is 2. The quantitative estimate of drug-likeness (QED) is 0.789. The first kappa shape index (κ1) is 13.1. The molecule has 0 aromatic carbocycles. The SMILES string of the molecule is C=CCNC(=O)NCC1(c2ccsc2)CCCC1. The van der Waals surface area contributed by atoms with Crippen molar-refractivity contribution in [3.8, 4) is 0 Å². The van der Waals surface area contributed by atoms with Crippen molar-refractivity contribution < 1.29 is 4.79 Å². The Morgan fingerprint density at radius 1 is 1.44 bits per heavy atom. The van der Waals surface area contributed by atoms with Crippen LogP contribution in [0.4, 0.5) is 4.79 Å². The monoisotopic (exact) mass is 264 g/mol. The minimum atomic E-state index is -0.101. The smallest absolute Gasteiger partial charge is 0.315 e. The van der Waals surface area contributed by atoms with E-state index in [1.54, 1.807) is 17.4 Å². The molecular weight excluding hydrogens is 244 g/mol. The van der Waals surface area contributed by atoms with Gasteiger partial charge in [0.2, 0.25) is 0 Å². The van der Waals surface area contributed by atoms with Gasteiger partial charge in [0.1, 0.15) is 0 Å². The number of hydrogen-bond acceptors (Lipinski definition) is 2. The summed E-state index contributed by atoms with van der Waals surface area (Å²) < 4.78 is 0. The molecular formula is C14H20N2OS. The summed E-state index contributed by atoms with van der Waals surface area (Å²) in [6, 6.07) is 2.09. The molecule has 98 valence electrons. The average molecular weight is 264 g/mol. The van der Waals surface area contributed by atoms with E-state index in [1.165, 1.54) is 31.2 Å². The van der Waals surface area contributed by atoms with Gasteiger partial charge >= 0.3 is 6.03 Å². The molecule has 2 N–H and O–H groups in total. The van der Waals surface area contributed by atoms with Gasteiger partial charge in [-0.05, 0) is 35.2 Å². The van der Waals surface area contributed by atoms with Gasteiger partial charge < -0.3 is 10.6 Å². The maximum absolute atomic E-state index is 11.6. The highest BCUT2D eigenvalue weighted by Crippen LogP contribution is 2.41. The number of carbonyl (C=O) groups excluding carboxylic acids is 1. The average Bonchev–Trinajstić information content (AvgIpc) is 3.04. The molecule has 0 unspecified atom stereocenters. The van der Waals surface area contributed by atoms with Gasteiger partial charge in [-0.1, -0.05) is 18.9 Å². The van der Waals surface area contributed by atoms with E-state index >= 15 is 0 Å². The molecule has 1 aliphatic rings. The van der Waals surface area contributed by atoms with Crippen molar-refractivity contribution in [2.45, 2.75) is 31.1 Å². The van der Waals surface area contributed by atoms with E-state index in [0.29, 0.717) is 6.54 Å². The molecule has 1 saturated carbocycles. The van der Waals surface area contributed by atoms with Gasteiger partial charge in [-0.3, -0.25) is 0 Å². The Hall–Kier alpha value is -1.29. The summed E-state index contributed by atoms with van der Waals surface area (Å²) in [6.45, 7) is 4.82. The summed E-state index contributed by atoms with van der Waals surface area (Å²) in [7, 11) is 0. The normalized spacial score (nSPS) is 17.3. The molecule has 1 fully saturated rings. The first-order chi connectivity index (χ1) is 8.77. The zero-order valence-corrected chi connectivity index (χ0v) is 11.4. The van der Waals surface area contributed by atoms with Gasteiger partial charge in [0, 0.05) is 18.5 Å². The van der Waals surface area contributed by atoms with Crippen LogP contribution >= 0.6 is 11.3 Å². The van der Waals surface area contributed by atoms with Crippen molar-refractivity contribution in [2.75, 3.05) is 13.1 Å². The number of hydrogen-bond donors (Lipinski definition) is 2. The maximum Gasteiger partial charge on any atom is 0.315 e. The molecule has 2 rings (SSSR count). The zero-order valence-electron chi connectivity index (χ0n) is 10.6. The van der Waals surface area contributed by atoms with E-state index in [-0.39, 0.29) is 11.4 Å². The standard InChI is InChI=1S/C14H20N2OS/c1-2-8-15-13(17)16-11-14(6-3-4-7-14)12-5-9-18-10-12/h2,5,9-10H,1,3-4,6-8,11H2,(H2,15,16,17). The minimum Gasteiger partial charge on any atom is -0.337 e. The van der Waals surface area contributed by atoms with Crippen molar-refractivity contribution in [1.29, 1.82) is 0 Å². The Morgan fingerprint density at radius 2 is 2.22 bits per heavy atom. The van der Waals surface area contributed by atoms with Crippen molar-refractivity contribution in [1.82, 2.24) is 10.6 Å². The third-order valence-corrected chi connectivity index (χ3v) is 4.37. The third kappa shape index (κ3) is 2.93. The lowest BCUT2D eigenvalue weighted by molar-refractivity contribution is 0.238. The third-order valence-electron chi connectivity index (χ3n) is 3.69. The Bertz CT molecular complexity index is 394. The molecule has 18 heavy (non-hydrogen) atoms. The summed E-state index contributed by atoms with van der Waals surface area (Å²) in [4.78, 5) is 11.6. The Labute approximate surface area is 112 Å². The van der Waals surface area contributed by atoms with Crippen LogP contribution in [-0.4, -0.2) is 19.1 Å². The van der Waals surface area contributed by atoms with Crippen LogP contribution in [-0.2, 0) is 5.41 Å². The van der Waals surface area contributed by atoms with Gasteiger partial charge in [-0.25, -0.2) is 4.79 Å². The Kier molecular flexibility index (Phi) is 4.42.